The van der Waals surface area contributed by atoms with E-state index >= 15 is 0 Å². The van der Waals surface area contributed by atoms with Crippen molar-refractivity contribution < 1.29 is 0 Å². The molecule has 0 heterocycles. The van der Waals surface area contributed by atoms with Gasteiger partial charge in [-0.3, -0.25) is 0 Å². The third-order valence-corrected chi connectivity index (χ3v) is 0.744. The van der Waals surface area contributed by atoms with Crippen LogP contribution in [0, 0.1) is 0 Å². The van der Waals surface area contributed by atoms with Crippen LogP contribution in [-0.2, 0) is 0 Å². The van der Waals surface area contributed by atoms with E-state index in [1.165, 1.54) is 5.09 Å². The molecule has 1 atom stereocenters. The second-order valence-electron chi connectivity index (χ2n) is 1.77. The molecule has 0 aromatic heterocycles. The van der Waals surface area contributed by atoms with Gasteiger partial charge in [0, 0.05) is 0 Å². The average Bonchev–Trinajstić information content (AvgIpc) is 1.35. The predicted molar refractivity (Wildman–Crippen MR) is 28.8 cm³/mol. The molecule has 0 aromatic rings. The maximum absolute atomic E-state index is 5.40. The van der Waals surface area contributed by atoms with E-state index in [0.29, 0.717) is 6.04 Å². The zero-order valence-electron chi connectivity index (χ0n) is 4.57. The van der Waals surface area contributed by atoms with Crippen molar-refractivity contribution in [2.45, 2.75) is 24.5 Å². The first-order chi connectivity index (χ1) is 2.77. The molecular formula is C4H10LiN. The van der Waals surface area contributed by atoms with Crippen molar-refractivity contribution in [1.29, 1.82) is 0 Å². The summed E-state index contributed by atoms with van der Waals surface area (Å²) < 4.78 is 0. The van der Waals surface area contributed by atoms with Crippen LogP contribution >= 0.6 is 0 Å². The molecule has 0 saturated carbocycles. The molecule has 0 spiro atoms. The van der Waals surface area contributed by atoms with E-state index in [-0.39, 0.29) is 0 Å². The van der Waals surface area contributed by atoms with Crippen LogP contribution in [0.15, 0.2) is 0 Å². The van der Waals surface area contributed by atoms with Crippen molar-refractivity contribution in [3.05, 3.63) is 0 Å². The van der Waals surface area contributed by atoms with Crippen LogP contribution in [-0.4, -0.2) is 23.8 Å². The van der Waals surface area contributed by atoms with Gasteiger partial charge in [0.05, 0.1) is 0 Å². The molecule has 1 unspecified atom stereocenters. The molecule has 32 valence electrons. The number of rotatable bonds is 2. The molecule has 0 aliphatic carbocycles. The normalized spacial score (nSPS) is 14.7. The third kappa shape index (κ3) is 4.56. The molecule has 0 radical (unpaired) electrons. The Morgan fingerprint density at radius 2 is 2.33 bits per heavy atom. The van der Waals surface area contributed by atoms with Gasteiger partial charge in [0.15, 0.2) is 0 Å². The fourth-order valence-corrected chi connectivity index (χ4v) is 0.455. The van der Waals surface area contributed by atoms with Gasteiger partial charge in [-0.25, -0.2) is 0 Å². The summed E-state index contributed by atoms with van der Waals surface area (Å²) in [5, 5.41) is 1.21. The van der Waals surface area contributed by atoms with Crippen LogP contribution in [0.4, 0.5) is 0 Å². The van der Waals surface area contributed by atoms with Gasteiger partial charge in [0.2, 0.25) is 0 Å². The van der Waals surface area contributed by atoms with E-state index in [0.717, 1.165) is 6.42 Å². The van der Waals surface area contributed by atoms with Crippen molar-refractivity contribution in [2.24, 2.45) is 5.73 Å². The van der Waals surface area contributed by atoms with Crippen LogP contribution in [0.25, 0.3) is 0 Å². The minimum absolute atomic E-state index is 0.398. The molecule has 0 rings (SSSR count). The van der Waals surface area contributed by atoms with E-state index in [9.17, 15) is 0 Å². The van der Waals surface area contributed by atoms with Crippen LogP contribution in [0.5, 0.6) is 0 Å². The van der Waals surface area contributed by atoms with E-state index in [4.69, 9.17) is 5.73 Å². The second kappa shape index (κ2) is 3.74. The van der Waals surface area contributed by atoms with Crippen molar-refractivity contribution in [1.82, 2.24) is 0 Å². The third-order valence-electron chi connectivity index (χ3n) is 0.744. The summed E-state index contributed by atoms with van der Waals surface area (Å²) in [6.45, 7) is 2.03. The summed E-state index contributed by atoms with van der Waals surface area (Å²) in [6.07, 6.45) is 1.15. The van der Waals surface area contributed by atoms with Gasteiger partial charge in [0.25, 0.3) is 0 Å². The van der Waals surface area contributed by atoms with E-state index < -0.39 is 0 Å². The Kier molecular flexibility index (Phi) is 4.08. The number of hydrogen-bond donors (Lipinski definition) is 1. The van der Waals surface area contributed by atoms with Gasteiger partial charge in [-0.1, -0.05) is 0 Å². The number of nitrogens with two attached hydrogens (primary N) is 1. The van der Waals surface area contributed by atoms with E-state index in [1.54, 1.807) is 0 Å². The summed E-state index contributed by atoms with van der Waals surface area (Å²) in [5.74, 6) is 0. The van der Waals surface area contributed by atoms with E-state index in [1.807, 2.05) is 6.92 Å². The number of hydrogen-bond acceptors (Lipinski definition) is 1. The van der Waals surface area contributed by atoms with Crippen molar-refractivity contribution >= 4 is 17.7 Å². The molecule has 0 fully saturated rings. The molecule has 0 bridgehead atoms. The maximum atomic E-state index is 5.40. The van der Waals surface area contributed by atoms with Gasteiger partial charge >= 0.3 is 47.9 Å². The zero-order valence-corrected chi connectivity index (χ0v) is 4.57. The quantitative estimate of drug-likeness (QED) is 0.473. The Bertz CT molecular complexity index is 28.7. The zero-order chi connectivity index (χ0) is 4.99. The molecule has 0 aromatic carbocycles. The van der Waals surface area contributed by atoms with Gasteiger partial charge in [-0.05, 0) is 0 Å². The minimum atomic E-state index is 0.398. The van der Waals surface area contributed by atoms with Gasteiger partial charge in [-0.2, -0.15) is 0 Å². The van der Waals surface area contributed by atoms with Crippen LogP contribution in [0.1, 0.15) is 13.3 Å². The second-order valence-corrected chi connectivity index (χ2v) is 1.77. The summed E-state index contributed by atoms with van der Waals surface area (Å²) in [6, 6.07) is 0.398. The summed E-state index contributed by atoms with van der Waals surface area (Å²) >= 11 is 2.14. The van der Waals surface area contributed by atoms with Gasteiger partial charge in [-0.15, -0.1) is 0 Å². The van der Waals surface area contributed by atoms with Crippen LogP contribution < -0.4 is 5.73 Å². The van der Waals surface area contributed by atoms with Crippen LogP contribution in [0.2, 0.25) is 5.09 Å². The Hall–Kier alpha value is 0.557. The first kappa shape index (κ1) is 6.56. The SMILES string of the molecule is [Li][CH2]CC(C)N. The molecule has 1 nitrogen and oxygen atoms in total. The molecule has 0 amide bonds. The Balaban J connectivity index is 2.63. The van der Waals surface area contributed by atoms with Crippen molar-refractivity contribution in [2.75, 3.05) is 0 Å². The molecule has 2 N–H and O–H groups in total. The standard InChI is InChI=1S/C4H10N.Li/c1-3-4(2)5;/h4H,1,3,5H2,2H3;. The fourth-order valence-electron chi connectivity index (χ4n) is 0.455. The van der Waals surface area contributed by atoms with Crippen LogP contribution in [0.3, 0.4) is 0 Å². The summed E-state index contributed by atoms with van der Waals surface area (Å²) in [5.41, 5.74) is 5.40. The summed E-state index contributed by atoms with van der Waals surface area (Å²) in [4.78, 5) is 0. The molecule has 2 heteroatoms. The Labute approximate surface area is 48.5 Å². The molecule has 6 heavy (non-hydrogen) atoms. The monoisotopic (exact) mass is 79.1 g/mol. The first-order valence-electron chi connectivity index (χ1n) is 2.53. The molecule has 0 saturated heterocycles. The topological polar surface area (TPSA) is 26.0 Å². The summed E-state index contributed by atoms with van der Waals surface area (Å²) in [7, 11) is 0. The van der Waals surface area contributed by atoms with Gasteiger partial charge in [0.1, 0.15) is 0 Å². The van der Waals surface area contributed by atoms with Crippen molar-refractivity contribution in [3.8, 4) is 0 Å². The van der Waals surface area contributed by atoms with Gasteiger partial charge < -0.3 is 0 Å². The first-order valence-corrected chi connectivity index (χ1v) is 2.53. The molecular weight excluding hydrogens is 69.0 g/mol. The predicted octanol–water partition coefficient (Wildman–Crippen LogP) is 0.311. The molecule has 0 aliphatic heterocycles. The fraction of sp³-hybridized carbons (Fsp3) is 1.00. The van der Waals surface area contributed by atoms with E-state index in [2.05, 4.69) is 17.7 Å². The Morgan fingerprint density at radius 3 is 2.33 bits per heavy atom. The molecule has 0 aliphatic rings. The van der Waals surface area contributed by atoms with Crippen molar-refractivity contribution in [3.63, 3.8) is 0 Å². The Morgan fingerprint density at radius 1 is 1.83 bits per heavy atom. The average molecular weight is 79.1 g/mol.